The number of hydrogen-bond donors (Lipinski definition) is 1. The maximum atomic E-state index is 5.67. The van der Waals surface area contributed by atoms with Crippen molar-refractivity contribution in [3.63, 3.8) is 0 Å². The Labute approximate surface area is 92.7 Å². The number of hydrogen-bond acceptors (Lipinski definition) is 2. The van der Waals surface area contributed by atoms with Crippen LogP contribution in [0.15, 0.2) is 12.4 Å². The fourth-order valence-electron chi connectivity index (χ4n) is 1.70. The van der Waals surface area contributed by atoms with E-state index >= 15 is 0 Å². The molecule has 15 heavy (non-hydrogen) atoms. The van der Waals surface area contributed by atoms with Gasteiger partial charge in [-0.15, -0.1) is 0 Å². The Hall–Kier alpha value is -0.830. The van der Waals surface area contributed by atoms with Gasteiger partial charge < -0.3 is 10.3 Å². The maximum absolute atomic E-state index is 5.67. The van der Waals surface area contributed by atoms with Gasteiger partial charge in [-0.05, 0) is 24.8 Å². The van der Waals surface area contributed by atoms with E-state index in [2.05, 4.69) is 36.5 Å². The van der Waals surface area contributed by atoms with Crippen LogP contribution in [0.2, 0.25) is 0 Å². The zero-order valence-corrected chi connectivity index (χ0v) is 10.1. The number of imidazole rings is 1. The molecule has 86 valence electrons. The van der Waals surface area contributed by atoms with Crippen LogP contribution >= 0.6 is 0 Å². The van der Waals surface area contributed by atoms with Gasteiger partial charge in [-0.3, -0.25) is 0 Å². The third-order valence-corrected chi connectivity index (χ3v) is 3.11. The summed E-state index contributed by atoms with van der Waals surface area (Å²) in [5.74, 6) is 2.37. The first kappa shape index (κ1) is 12.2. The first-order valence-corrected chi connectivity index (χ1v) is 5.89. The Morgan fingerprint density at radius 2 is 2.13 bits per heavy atom. The van der Waals surface area contributed by atoms with E-state index in [0.29, 0.717) is 11.8 Å². The third kappa shape index (κ3) is 3.34. The topological polar surface area (TPSA) is 43.8 Å². The molecule has 2 unspecified atom stereocenters. The Balaban J connectivity index is 2.59. The van der Waals surface area contributed by atoms with Gasteiger partial charge in [0.15, 0.2) is 0 Å². The summed E-state index contributed by atoms with van der Waals surface area (Å²) < 4.78 is 2.25. The van der Waals surface area contributed by atoms with Gasteiger partial charge in [0.05, 0.1) is 0 Å². The number of aromatic nitrogens is 2. The number of rotatable bonds is 6. The van der Waals surface area contributed by atoms with Crippen molar-refractivity contribution in [1.82, 2.24) is 9.55 Å². The van der Waals surface area contributed by atoms with Crippen LogP contribution < -0.4 is 5.73 Å². The zero-order chi connectivity index (χ0) is 11.3. The Bertz CT molecular complexity index is 280. The minimum atomic E-state index is 0.566. The predicted molar refractivity (Wildman–Crippen MR) is 63.6 cm³/mol. The molecule has 0 aliphatic heterocycles. The molecule has 2 N–H and O–H groups in total. The quantitative estimate of drug-likeness (QED) is 0.779. The minimum Gasteiger partial charge on any atom is -0.335 e. The predicted octanol–water partition coefficient (Wildman–Crippen LogP) is 2.07. The Morgan fingerprint density at radius 1 is 1.40 bits per heavy atom. The highest BCUT2D eigenvalue weighted by molar-refractivity contribution is 4.94. The fourth-order valence-corrected chi connectivity index (χ4v) is 1.70. The van der Waals surface area contributed by atoms with Crippen LogP contribution in [0, 0.1) is 11.8 Å². The average molecular weight is 209 g/mol. The monoisotopic (exact) mass is 209 g/mol. The number of nitrogens with two attached hydrogens (primary N) is 1. The van der Waals surface area contributed by atoms with Gasteiger partial charge in [-0.25, -0.2) is 4.98 Å². The van der Waals surface area contributed by atoms with Crippen molar-refractivity contribution in [2.75, 3.05) is 6.54 Å². The Morgan fingerprint density at radius 3 is 2.73 bits per heavy atom. The van der Waals surface area contributed by atoms with Crippen LogP contribution in [0.5, 0.6) is 0 Å². The van der Waals surface area contributed by atoms with Gasteiger partial charge in [-0.2, -0.15) is 0 Å². The van der Waals surface area contributed by atoms with Crippen molar-refractivity contribution in [3.8, 4) is 0 Å². The molecule has 0 fully saturated rings. The molecule has 3 nitrogen and oxygen atoms in total. The molecule has 0 spiro atoms. The normalized spacial score (nSPS) is 15.2. The molecule has 0 aliphatic rings. The van der Waals surface area contributed by atoms with E-state index in [1.54, 1.807) is 0 Å². The van der Waals surface area contributed by atoms with Crippen LogP contribution in [0.3, 0.4) is 0 Å². The van der Waals surface area contributed by atoms with Crippen molar-refractivity contribution >= 4 is 0 Å². The number of nitrogens with zero attached hydrogens (tertiary/aromatic N) is 2. The van der Waals surface area contributed by atoms with Crippen LogP contribution in [0.1, 0.15) is 33.0 Å². The van der Waals surface area contributed by atoms with Gasteiger partial charge in [0.2, 0.25) is 0 Å². The molecule has 1 aromatic rings. The lowest BCUT2D eigenvalue weighted by Crippen LogP contribution is -2.21. The highest BCUT2D eigenvalue weighted by atomic mass is 15.1. The zero-order valence-electron chi connectivity index (χ0n) is 10.1. The van der Waals surface area contributed by atoms with Crippen LogP contribution in [-0.2, 0) is 13.0 Å². The molecular weight excluding hydrogens is 186 g/mol. The second-order valence-electron chi connectivity index (χ2n) is 4.43. The highest BCUT2D eigenvalue weighted by Gasteiger charge is 2.13. The molecule has 0 aliphatic carbocycles. The van der Waals surface area contributed by atoms with Gasteiger partial charge in [-0.1, -0.05) is 20.8 Å². The van der Waals surface area contributed by atoms with E-state index in [-0.39, 0.29) is 0 Å². The van der Waals surface area contributed by atoms with Crippen molar-refractivity contribution in [3.05, 3.63) is 18.2 Å². The van der Waals surface area contributed by atoms with Crippen LogP contribution in [-0.4, -0.2) is 16.1 Å². The van der Waals surface area contributed by atoms with E-state index in [4.69, 9.17) is 5.73 Å². The lowest BCUT2D eigenvalue weighted by molar-refractivity contribution is 0.381. The Kier molecular flexibility index (Phi) is 4.82. The summed E-state index contributed by atoms with van der Waals surface area (Å²) in [6.07, 6.45) is 6.15. The molecule has 0 radical (unpaired) electrons. The van der Waals surface area contributed by atoms with Gasteiger partial charge in [0, 0.05) is 25.4 Å². The standard InChI is InChI=1S/C12H23N3/c1-4-6-15-7-5-14-12(15)8-10(2)11(3)9-13/h5,7,10-11H,4,6,8-9,13H2,1-3H3. The molecule has 0 saturated heterocycles. The molecule has 0 saturated carbocycles. The van der Waals surface area contributed by atoms with E-state index in [1.165, 1.54) is 5.82 Å². The van der Waals surface area contributed by atoms with Crippen molar-refractivity contribution in [2.45, 2.75) is 40.2 Å². The summed E-state index contributed by atoms with van der Waals surface area (Å²) in [4.78, 5) is 4.41. The first-order valence-electron chi connectivity index (χ1n) is 5.89. The molecule has 1 rings (SSSR count). The summed E-state index contributed by atoms with van der Waals surface area (Å²) >= 11 is 0. The highest BCUT2D eigenvalue weighted by Crippen LogP contribution is 2.15. The first-order chi connectivity index (χ1) is 7.19. The second kappa shape index (κ2) is 5.91. The van der Waals surface area contributed by atoms with E-state index < -0.39 is 0 Å². The van der Waals surface area contributed by atoms with E-state index in [0.717, 1.165) is 25.9 Å². The van der Waals surface area contributed by atoms with Gasteiger partial charge >= 0.3 is 0 Å². The van der Waals surface area contributed by atoms with Crippen LogP contribution in [0.4, 0.5) is 0 Å². The largest absolute Gasteiger partial charge is 0.335 e. The molecule has 1 heterocycles. The van der Waals surface area contributed by atoms with Gasteiger partial charge in [0.25, 0.3) is 0 Å². The molecule has 2 atom stereocenters. The molecule has 3 heteroatoms. The molecule has 0 bridgehead atoms. The van der Waals surface area contributed by atoms with Crippen LogP contribution in [0.25, 0.3) is 0 Å². The average Bonchev–Trinajstić information content (AvgIpc) is 2.65. The van der Waals surface area contributed by atoms with Gasteiger partial charge in [0.1, 0.15) is 5.82 Å². The minimum absolute atomic E-state index is 0.566. The third-order valence-electron chi connectivity index (χ3n) is 3.11. The van der Waals surface area contributed by atoms with E-state index in [9.17, 15) is 0 Å². The molecule has 0 amide bonds. The lowest BCUT2D eigenvalue weighted by atomic mass is 9.93. The lowest BCUT2D eigenvalue weighted by Gasteiger charge is -2.18. The van der Waals surface area contributed by atoms with Crippen molar-refractivity contribution in [2.24, 2.45) is 17.6 Å². The molecule has 1 aromatic heterocycles. The smallest absolute Gasteiger partial charge is 0.108 e. The van der Waals surface area contributed by atoms with Crippen molar-refractivity contribution in [1.29, 1.82) is 0 Å². The molecule has 0 aromatic carbocycles. The van der Waals surface area contributed by atoms with Crippen molar-refractivity contribution < 1.29 is 0 Å². The summed E-state index contributed by atoms with van der Waals surface area (Å²) in [5.41, 5.74) is 5.67. The number of aryl methyl sites for hydroxylation is 1. The molecular formula is C12H23N3. The summed E-state index contributed by atoms with van der Waals surface area (Å²) in [5, 5.41) is 0. The summed E-state index contributed by atoms with van der Waals surface area (Å²) in [6.45, 7) is 8.48. The second-order valence-corrected chi connectivity index (χ2v) is 4.43. The maximum Gasteiger partial charge on any atom is 0.108 e. The van der Waals surface area contributed by atoms with E-state index in [1.807, 2.05) is 6.20 Å². The SMILES string of the molecule is CCCn1ccnc1CC(C)C(C)CN. The summed E-state index contributed by atoms with van der Waals surface area (Å²) in [7, 11) is 0. The summed E-state index contributed by atoms with van der Waals surface area (Å²) in [6, 6.07) is 0. The fraction of sp³-hybridized carbons (Fsp3) is 0.750.